The third-order valence-corrected chi connectivity index (χ3v) is 3.53. The Hall–Kier alpha value is -1.33. The van der Waals surface area contributed by atoms with Crippen molar-refractivity contribution >= 4 is 15.9 Å². The maximum Gasteiger partial charge on any atom is 0.132 e. The van der Waals surface area contributed by atoms with E-state index in [1.807, 2.05) is 6.07 Å². The molecule has 1 aromatic heterocycles. The fourth-order valence-electron chi connectivity index (χ4n) is 1.95. The van der Waals surface area contributed by atoms with E-state index in [9.17, 15) is 8.78 Å². The molecular formula is C14H13BrF2N2. The van der Waals surface area contributed by atoms with Crippen LogP contribution in [0.3, 0.4) is 0 Å². The molecule has 5 heteroatoms. The monoisotopic (exact) mass is 326 g/mol. The van der Waals surface area contributed by atoms with E-state index in [1.165, 1.54) is 12.1 Å². The average molecular weight is 327 g/mol. The van der Waals surface area contributed by atoms with Crippen molar-refractivity contribution in [3.8, 4) is 0 Å². The van der Waals surface area contributed by atoms with E-state index in [0.29, 0.717) is 10.2 Å². The van der Waals surface area contributed by atoms with Crippen molar-refractivity contribution in [3.05, 3.63) is 63.9 Å². The highest BCUT2D eigenvalue weighted by Crippen LogP contribution is 2.32. The molecule has 2 nitrogen and oxygen atoms in total. The number of halogens is 3. The Balaban J connectivity index is 2.37. The lowest BCUT2D eigenvalue weighted by Crippen LogP contribution is -2.21. The summed E-state index contributed by atoms with van der Waals surface area (Å²) in [6.45, 7) is 1.80. The van der Waals surface area contributed by atoms with Crippen LogP contribution in [0.1, 0.15) is 30.1 Å². The Morgan fingerprint density at radius 2 is 1.84 bits per heavy atom. The van der Waals surface area contributed by atoms with Crippen LogP contribution in [0.2, 0.25) is 0 Å². The average Bonchev–Trinajstić information content (AvgIpc) is 2.37. The number of nitrogens with two attached hydrogens (primary N) is 1. The van der Waals surface area contributed by atoms with Gasteiger partial charge in [-0.2, -0.15) is 0 Å². The van der Waals surface area contributed by atoms with Gasteiger partial charge in [0.1, 0.15) is 11.6 Å². The number of nitrogens with zero attached hydrogens (tertiary/aromatic N) is 1. The number of benzene rings is 1. The molecule has 2 rings (SSSR count). The van der Waals surface area contributed by atoms with Gasteiger partial charge in [0.05, 0.1) is 0 Å². The maximum atomic E-state index is 13.9. The van der Waals surface area contributed by atoms with Crippen molar-refractivity contribution in [2.75, 3.05) is 0 Å². The number of hydrogen-bond donors (Lipinski definition) is 1. The summed E-state index contributed by atoms with van der Waals surface area (Å²) in [6.07, 6.45) is 1.63. The van der Waals surface area contributed by atoms with Gasteiger partial charge in [0, 0.05) is 33.9 Å². The zero-order valence-electron chi connectivity index (χ0n) is 10.3. The van der Waals surface area contributed by atoms with Crippen LogP contribution in [0.15, 0.2) is 41.0 Å². The van der Waals surface area contributed by atoms with Gasteiger partial charge >= 0.3 is 0 Å². The third kappa shape index (κ3) is 2.98. The first-order chi connectivity index (χ1) is 9.00. The summed E-state index contributed by atoms with van der Waals surface area (Å²) in [5.41, 5.74) is 6.58. The van der Waals surface area contributed by atoms with Crippen molar-refractivity contribution in [3.63, 3.8) is 0 Å². The first-order valence-corrected chi connectivity index (χ1v) is 6.61. The predicted octanol–water partition coefficient (Wildman–Crippen LogP) is 3.93. The van der Waals surface area contributed by atoms with Gasteiger partial charge in [-0.25, -0.2) is 8.78 Å². The van der Waals surface area contributed by atoms with Gasteiger partial charge in [0.2, 0.25) is 0 Å². The first-order valence-electron chi connectivity index (χ1n) is 5.81. The molecule has 0 bridgehead atoms. The molecule has 2 N–H and O–H groups in total. The SMILES string of the molecule is CC(c1ccccn1)C(N)c1c(F)cc(Br)cc1F. The zero-order chi connectivity index (χ0) is 14.0. The highest BCUT2D eigenvalue weighted by atomic mass is 79.9. The largest absolute Gasteiger partial charge is 0.323 e. The van der Waals surface area contributed by atoms with Crippen LogP contribution in [0.5, 0.6) is 0 Å². The van der Waals surface area contributed by atoms with E-state index >= 15 is 0 Å². The molecule has 19 heavy (non-hydrogen) atoms. The number of hydrogen-bond acceptors (Lipinski definition) is 2. The lowest BCUT2D eigenvalue weighted by Gasteiger charge is -2.21. The minimum Gasteiger partial charge on any atom is -0.323 e. The van der Waals surface area contributed by atoms with Crippen molar-refractivity contribution in [1.29, 1.82) is 0 Å². The molecule has 1 aromatic carbocycles. The van der Waals surface area contributed by atoms with Crippen LogP contribution in [-0.4, -0.2) is 4.98 Å². The molecule has 2 unspecified atom stereocenters. The molecule has 0 saturated carbocycles. The van der Waals surface area contributed by atoms with Gasteiger partial charge in [0.15, 0.2) is 0 Å². The van der Waals surface area contributed by atoms with Crippen LogP contribution in [0.4, 0.5) is 8.78 Å². The summed E-state index contributed by atoms with van der Waals surface area (Å²) in [6, 6.07) is 7.03. The molecule has 0 amide bonds. The van der Waals surface area contributed by atoms with Crippen molar-refractivity contribution in [2.24, 2.45) is 5.73 Å². The molecule has 0 aliphatic rings. The molecule has 2 aromatic rings. The number of aromatic nitrogens is 1. The molecular weight excluding hydrogens is 314 g/mol. The molecule has 2 atom stereocenters. The highest BCUT2D eigenvalue weighted by Gasteiger charge is 2.24. The second-order valence-electron chi connectivity index (χ2n) is 4.35. The number of pyridine rings is 1. The van der Waals surface area contributed by atoms with Crippen LogP contribution in [-0.2, 0) is 0 Å². The standard InChI is InChI=1S/C14H13BrF2N2/c1-8(12-4-2-3-5-19-12)14(18)13-10(16)6-9(15)7-11(13)17/h2-8,14H,18H2,1H3. The summed E-state index contributed by atoms with van der Waals surface area (Å²) >= 11 is 3.05. The summed E-state index contributed by atoms with van der Waals surface area (Å²) in [7, 11) is 0. The van der Waals surface area contributed by atoms with E-state index in [1.54, 1.807) is 25.3 Å². The van der Waals surface area contributed by atoms with Crippen molar-refractivity contribution in [2.45, 2.75) is 18.9 Å². The third-order valence-electron chi connectivity index (χ3n) is 3.07. The van der Waals surface area contributed by atoms with Crippen LogP contribution in [0, 0.1) is 11.6 Å². The zero-order valence-corrected chi connectivity index (χ0v) is 11.9. The lowest BCUT2D eigenvalue weighted by molar-refractivity contribution is 0.489. The Bertz CT molecular complexity index is 552. The van der Waals surface area contributed by atoms with Gasteiger partial charge in [-0.15, -0.1) is 0 Å². The van der Waals surface area contributed by atoms with Gasteiger partial charge < -0.3 is 5.73 Å². The smallest absolute Gasteiger partial charge is 0.132 e. The normalized spacial score (nSPS) is 14.2. The highest BCUT2D eigenvalue weighted by molar-refractivity contribution is 9.10. The van der Waals surface area contributed by atoms with E-state index in [2.05, 4.69) is 20.9 Å². The summed E-state index contributed by atoms with van der Waals surface area (Å²) in [5.74, 6) is -1.59. The molecule has 0 fully saturated rings. The number of rotatable bonds is 3. The van der Waals surface area contributed by atoms with Gasteiger partial charge in [-0.1, -0.05) is 28.9 Å². The fraction of sp³-hybridized carbons (Fsp3) is 0.214. The Kier molecular flexibility index (Phi) is 4.27. The minimum absolute atomic E-state index is 0.110. The first kappa shape index (κ1) is 14.1. The topological polar surface area (TPSA) is 38.9 Å². The molecule has 0 radical (unpaired) electrons. The minimum atomic E-state index is -0.789. The van der Waals surface area contributed by atoms with Crippen molar-refractivity contribution in [1.82, 2.24) is 4.98 Å². The van der Waals surface area contributed by atoms with Gasteiger partial charge in [0.25, 0.3) is 0 Å². The summed E-state index contributed by atoms with van der Waals surface area (Å²) < 4.78 is 28.1. The van der Waals surface area contributed by atoms with E-state index in [0.717, 1.165) is 0 Å². The van der Waals surface area contributed by atoms with Gasteiger partial charge in [-0.3, -0.25) is 4.98 Å². The molecule has 1 heterocycles. The second-order valence-corrected chi connectivity index (χ2v) is 5.27. The van der Waals surface area contributed by atoms with Crippen LogP contribution in [0.25, 0.3) is 0 Å². The van der Waals surface area contributed by atoms with E-state index in [-0.39, 0.29) is 11.5 Å². The maximum absolute atomic E-state index is 13.9. The summed E-state index contributed by atoms with van der Waals surface area (Å²) in [4.78, 5) is 4.17. The molecule has 0 aliphatic heterocycles. The van der Waals surface area contributed by atoms with E-state index in [4.69, 9.17) is 5.73 Å². The molecule has 0 spiro atoms. The van der Waals surface area contributed by atoms with Crippen LogP contribution >= 0.6 is 15.9 Å². The molecule has 0 saturated heterocycles. The molecule has 0 aliphatic carbocycles. The Labute approximate surface area is 118 Å². The quantitative estimate of drug-likeness (QED) is 0.928. The lowest BCUT2D eigenvalue weighted by atomic mass is 9.91. The Morgan fingerprint density at radius 1 is 1.21 bits per heavy atom. The molecule has 100 valence electrons. The predicted molar refractivity (Wildman–Crippen MR) is 73.6 cm³/mol. The van der Waals surface area contributed by atoms with Crippen LogP contribution < -0.4 is 5.73 Å². The Morgan fingerprint density at radius 3 is 2.37 bits per heavy atom. The van der Waals surface area contributed by atoms with E-state index < -0.39 is 17.7 Å². The van der Waals surface area contributed by atoms with Gasteiger partial charge in [-0.05, 0) is 24.3 Å². The second kappa shape index (κ2) is 5.75. The van der Waals surface area contributed by atoms with Crippen molar-refractivity contribution < 1.29 is 8.78 Å². The fourth-order valence-corrected chi connectivity index (χ4v) is 2.35. The summed E-state index contributed by atoms with van der Waals surface area (Å²) in [5, 5.41) is 0.